The summed E-state index contributed by atoms with van der Waals surface area (Å²) in [6.45, 7) is 12.4. The molecule has 0 aliphatic rings. The van der Waals surface area contributed by atoms with E-state index in [-0.39, 0.29) is 5.41 Å². The van der Waals surface area contributed by atoms with Gasteiger partial charge in [0, 0.05) is 4.91 Å². The molecule has 13 heavy (non-hydrogen) atoms. The quantitative estimate of drug-likeness (QED) is 0.501. The van der Waals surface area contributed by atoms with Gasteiger partial charge in [0.1, 0.15) is 0 Å². The highest BCUT2D eigenvalue weighted by Gasteiger charge is 2.21. The van der Waals surface area contributed by atoms with Gasteiger partial charge in [-0.2, -0.15) is 0 Å². The number of thiol groups is 1. The molecule has 0 saturated carbocycles. The molecule has 0 aliphatic carbocycles. The van der Waals surface area contributed by atoms with Crippen LogP contribution in [0.4, 0.5) is 0 Å². The van der Waals surface area contributed by atoms with E-state index in [1.165, 1.54) is 5.57 Å². The van der Waals surface area contributed by atoms with Gasteiger partial charge in [0.05, 0.1) is 0 Å². The molecule has 0 rings (SSSR count). The summed E-state index contributed by atoms with van der Waals surface area (Å²) >= 11 is 4.45. The molecule has 0 saturated heterocycles. The van der Waals surface area contributed by atoms with Crippen molar-refractivity contribution in [1.82, 2.24) is 0 Å². The number of rotatable bonds is 4. The van der Waals surface area contributed by atoms with Crippen LogP contribution in [-0.2, 0) is 0 Å². The predicted molar refractivity (Wildman–Crippen MR) is 65.1 cm³/mol. The summed E-state index contributed by atoms with van der Waals surface area (Å²) < 4.78 is 0. The van der Waals surface area contributed by atoms with Gasteiger partial charge in [-0.15, -0.1) is 12.6 Å². The Hall–Kier alpha value is -0.430. The topological polar surface area (TPSA) is 0 Å². The summed E-state index contributed by atoms with van der Waals surface area (Å²) in [6, 6.07) is 0. The van der Waals surface area contributed by atoms with Gasteiger partial charge < -0.3 is 0 Å². The Morgan fingerprint density at radius 3 is 2.31 bits per heavy atom. The second-order valence-electron chi connectivity index (χ2n) is 3.73. The highest BCUT2D eigenvalue weighted by molar-refractivity contribution is 7.84. The summed E-state index contributed by atoms with van der Waals surface area (Å²) in [6.07, 6.45) is 7.00. The molecule has 0 fully saturated rings. The van der Waals surface area contributed by atoms with Crippen molar-refractivity contribution in [2.45, 2.75) is 34.1 Å². The largest absolute Gasteiger partial charge is 0.143 e. The molecular weight excluding hydrogens is 176 g/mol. The van der Waals surface area contributed by atoms with Crippen LogP contribution in [0.15, 0.2) is 35.3 Å². The third kappa shape index (κ3) is 3.43. The van der Waals surface area contributed by atoms with Crippen LogP contribution in [0.3, 0.4) is 0 Å². The van der Waals surface area contributed by atoms with Crippen LogP contribution in [0.5, 0.6) is 0 Å². The zero-order chi connectivity index (χ0) is 10.5. The average molecular weight is 196 g/mol. The zero-order valence-electron chi connectivity index (χ0n) is 9.09. The first-order chi connectivity index (χ1) is 5.99. The Labute approximate surface area is 87.8 Å². The van der Waals surface area contributed by atoms with Gasteiger partial charge in [0.15, 0.2) is 0 Å². The predicted octanol–water partition coefficient (Wildman–Crippen LogP) is 4.37. The average Bonchev–Trinajstić information content (AvgIpc) is 2.12. The summed E-state index contributed by atoms with van der Waals surface area (Å²) in [5.41, 5.74) is 1.44. The maximum absolute atomic E-state index is 4.45. The number of allylic oxidation sites excluding steroid dienone is 4. The second kappa shape index (κ2) is 5.33. The van der Waals surface area contributed by atoms with Crippen molar-refractivity contribution < 1.29 is 0 Å². The Bertz CT molecular complexity index is 232. The van der Waals surface area contributed by atoms with Crippen LogP contribution in [0.25, 0.3) is 0 Å². The fourth-order valence-corrected chi connectivity index (χ4v) is 1.50. The number of hydrogen-bond donors (Lipinski definition) is 1. The summed E-state index contributed by atoms with van der Waals surface area (Å²) in [7, 11) is 0. The van der Waals surface area contributed by atoms with E-state index in [0.29, 0.717) is 0 Å². The minimum atomic E-state index is 0.178. The fraction of sp³-hybridized carbons (Fsp3) is 0.500. The minimum Gasteiger partial charge on any atom is -0.143 e. The number of hydrogen-bond acceptors (Lipinski definition) is 1. The summed E-state index contributed by atoms with van der Waals surface area (Å²) in [5, 5.41) is 0. The van der Waals surface area contributed by atoms with Crippen LogP contribution in [-0.4, -0.2) is 0 Å². The molecule has 0 aromatic rings. The highest BCUT2D eigenvalue weighted by atomic mass is 32.1. The minimum absolute atomic E-state index is 0.178. The molecule has 0 aromatic heterocycles. The molecule has 0 aliphatic heterocycles. The van der Waals surface area contributed by atoms with Gasteiger partial charge in [-0.05, 0) is 24.3 Å². The Morgan fingerprint density at radius 1 is 1.46 bits per heavy atom. The van der Waals surface area contributed by atoms with Crippen molar-refractivity contribution in [3.8, 4) is 0 Å². The van der Waals surface area contributed by atoms with E-state index >= 15 is 0 Å². The first kappa shape index (κ1) is 12.6. The van der Waals surface area contributed by atoms with Crippen LogP contribution in [0.2, 0.25) is 0 Å². The molecule has 0 nitrogen and oxygen atoms in total. The molecule has 0 N–H and O–H groups in total. The van der Waals surface area contributed by atoms with Crippen LogP contribution < -0.4 is 0 Å². The molecule has 0 unspecified atom stereocenters. The monoisotopic (exact) mass is 196 g/mol. The lowest BCUT2D eigenvalue weighted by Gasteiger charge is -2.26. The van der Waals surface area contributed by atoms with E-state index in [1.807, 2.05) is 25.2 Å². The van der Waals surface area contributed by atoms with Crippen LogP contribution in [0.1, 0.15) is 34.1 Å². The normalized spacial score (nSPS) is 14.5. The second-order valence-corrected chi connectivity index (χ2v) is 4.21. The van der Waals surface area contributed by atoms with Crippen molar-refractivity contribution in [2.24, 2.45) is 5.41 Å². The van der Waals surface area contributed by atoms with E-state index in [2.05, 4.69) is 40.0 Å². The molecular formula is C12H20S. The molecule has 0 aromatic carbocycles. The standard InChI is InChI=1S/C12H20S/c1-6-9-10(11(13)7-2)12(4,5)8-3/h6-7,9,13H,1,8H2,2-5H3/b10-9+,11-7+. The van der Waals surface area contributed by atoms with Gasteiger partial charge >= 0.3 is 0 Å². The van der Waals surface area contributed by atoms with E-state index in [9.17, 15) is 0 Å². The first-order valence-corrected chi connectivity index (χ1v) is 5.13. The molecule has 1 heteroatoms. The van der Waals surface area contributed by atoms with Crippen LogP contribution >= 0.6 is 12.6 Å². The maximum atomic E-state index is 4.45. The lowest BCUT2D eigenvalue weighted by molar-refractivity contribution is 0.438. The third-order valence-corrected chi connectivity index (χ3v) is 2.95. The van der Waals surface area contributed by atoms with Crippen molar-refractivity contribution in [3.63, 3.8) is 0 Å². The summed E-state index contributed by atoms with van der Waals surface area (Å²) in [4.78, 5) is 1.05. The smallest absolute Gasteiger partial charge is 0.00347 e. The molecule has 74 valence electrons. The molecule has 0 amide bonds. The fourth-order valence-electron chi connectivity index (χ4n) is 1.12. The highest BCUT2D eigenvalue weighted by Crippen LogP contribution is 2.36. The van der Waals surface area contributed by atoms with Gasteiger partial charge in [0.25, 0.3) is 0 Å². The van der Waals surface area contributed by atoms with E-state index in [0.717, 1.165) is 11.3 Å². The van der Waals surface area contributed by atoms with Crippen molar-refractivity contribution in [1.29, 1.82) is 0 Å². The molecule has 0 heterocycles. The summed E-state index contributed by atoms with van der Waals surface area (Å²) in [5.74, 6) is 0. The van der Waals surface area contributed by atoms with Gasteiger partial charge in [0.2, 0.25) is 0 Å². The first-order valence-electron chi connectivity index (χ1n) is 4.68. The van der Waals surface area contributed by atoms with Gasteiger partial charge in [-0.1, -0.05) is 45.6 Å². The lowest BCUT2D eigenvalue weighted by atomic mass is 9.81. The Morgan fingerprint density at radius 2 is 2.00 bits per heavy atom. The molecule has 0 radical (unpaired) electrons. The van der Waals surface area contributed by atoms with Crippen LogP contribution in [0, 0.1) is 5.41 Å². The maximum Gasteiger partial charge on any atom is 0.00347 e. The Balaban J connectivity index is 5.05. The SMILES string of the molecule is C=C/C=C(\C(S)=C/C)C(C)(C)CC. The molecule has 0 atom stereocenters. The van der Waals surface area contributed by atoms with Crippen molar-refractivity contribution >= 4 is 12.6 Å². The zero-order valence-corrected chi connectivity index (χ0v) is 9.99. The van der Waals surface area contributed by atoms with Crippen molar-refractivity contribution in [3.05, 3.63) is 35.3 Å². The van der Waals surface area contributed by atoms with E-state index in [1.54, 1.807) is 0 Å². The van der Waals surface area contributed by atoms with Gasteiger partial charge in [-0.3, -0.25) is 0 Å². The van der Waals surface area contributed by atoms with Crippen molar-refractivity contribution in [2.75, 3.05) is 0 Å². The molecule has 0 spiro atoms. The molecule has 0 bridgehead atoms. The van der Waals surface area contributed by atoms with Gasteiger partial charge in [-0.25, -0.2) is 0 Å². The lowest BCUT2D eigenvalue weighted by Crippen LogP contribution is -2.13. The third-order valence-electron chi connectivity index (χ3n) is 2.45. The Kier molecular flexibility index (Phi) is 5.16. The van der Waals surface area contributed by atoms with E-state index in [4.69, 9.17) is 0 Å². The van der Waals surface area contributed by atoms with E-state index < -0.39 is 0 Å².